The van der Waals surface area contributed by atoms with E-state index >= 15 is 0 Å². The molecular formula is C25H19BrCl2N2O3. The molecule has 0 saturated carbocycles. The summed E-state index contributed by atoms with van der Waals surface area (Å²) in [6, 6.07) is 18.2. The first kappa shape index (κ1) is 23.4. The molecule has 4 rings (SSSR count). The Morgan fingerprint density at radius 1 is 0.970 bits per heavy atom. The van der Waals surface area contributed by atoms with Gasteiger partial charge in [0.05, 0.1) is 16.6 Å². The minimum Gasteiger partial charge on any atom is -0.486 e. The average molecular weight is 546 g/mol. The predicted molar refractivity (Wildman–Crippen MR) is 133 cm³/mol. The van der Waals surface area contributed by atoms with Crippen LogP contribution in [0.2, 0.25) is 10.0 Å². The minimum absolute atomic E-state index is 0.155. The largest absolute Gasteiger partial charge is 0.486 e. The molecule has 0 aromatic heterocycles. The molecule has 8 heteroatoms. The van der Waals surface area contributed by atoms with Crippen LogP contribution < -0.4 is 10.1 Å². The second-order valence-electron chi connectivity index (χ2n) is 7.59. The third-order valence-corrected chi connectivity index (χ3v) is 6.14. The first-order valence-electron chi connectivity index (χ1n) is 10.1. The molecule has 0 unspecified atom stereocenters. The van der Waals surface area contributed by atoms with Gasteiger partial charge in [-0.15, -0.1) is 0 Å². The van der Waals surface area contributed by atoms with Crippen LogP contribution in [0.4, 0.5) is 4.79 Å². The lowest BCUT2D eigenvalue weighted by Gasteiger charge is -2.12. The molecule has 1 saturated heterocycles. The molecule has 1 aliphatic heterocycles. The molecule has 3 aromatic rings. The van der Waals surface area contributed by atoms with Crippen molar-refractivity contribution in [3.8, 4) is 5.75 Å². The van der Waals surface area contributed by atoms with E-state index in [0.29, 0.717) is 28.0 Å². The number of imide groups is 1. The quantitative estimate of drug-likeness (QED) is 0.276. The first-order chi connectivity index (χ1) is 15.8. The fourth-order valence-corrected chi connectivity index (χ4v) is 4.17. The number of amides is 3. The Kier molecular flexibility index (Phi) is 7.08. The van der Waals surface area contributed by atoms with E-state index in [2.05, 4.69) is 21.2 Å². The lowest BCUT2D eigenvalue weighted by atomic mass is 10.1. The zero-order chi connectivity index (χ0) is 23.5. The van der Waals surface area contributed by atoms with Gasteiger partial charge >= 0.3 is 6.03 Å². The SMILES string of the molecule is Cc1ccc(CN2C(=O)N/C(=C/c3cc(Cl)c(OCc4ccc(Br)cc4)c(Cl)c3)C2=O)cc1. The Balaban J connectivity index is 1.49. The highest BCUT2D eigenvalue weighted by molar-refractivity contribution is 9.10. The summed E-state index contributed by atoms with van der Waals surface area (Å²) >= 11 is 16.2. The van der Waals surface area contributed by atoms with Crippen LogP contribution >= 0.6 is 39.1 Å². The van der Waals surface area contributed by atoms with E-state index in [1.54, 1.807) is 18.2 Å². The van der Waals surface area contributed by atoms with Gasteiger partial charge in [-0.25, -0.2) is 4.79 Å². The molecule has 1 heterocycles. The molecule has 1 aliphatic rings. The highest BCUT2D eigenvalue weighted by Crippen LogP contribution is 2.35. The van der Waals surface area contributed by atoms with Crippen LogP contribution in [0.15, 0.2) is 70.8 Å². The zero-order valence-electron chi connectivity index (χ0n) is 17.6. The lowest BCUT2D eigenvalue weighted by Crippen LogP contribution is -2.30. The number of nitrogens with zero attached hydrogens (tertiary/aromatic N) is 1. The van der Waals surface area contributed by atoms with Gasteiger partial charge in [0.1, 0.15) is 12.3 Å². The van der Waals surface area contributed by atoms with Crippen molar-refractivity contribution in [2.75, 3.05) is 0 Å². The van der Waals surface area contributed by atoms with E-state index in [4.69, 9.17) is 27.9 Å². The Bertz CT molecular complexity index is 1220. The summed E-state index contributed by atoms with van der Waals surface area (Å²) in [5, 5.41) is 3.23. The fourth-order valence-electron chi connectivity index (χ4n) is 3.29. The molecule has 0 spiro atoms. The molecule has 168 valence electrons. The van der Waals surface area contributed by atoms with Gasteiger partial charge in [-0.05, 0) is 54.0 Å². The number of nitrogens with one attached hydrogen (secondary N) is 1. The third-order valence-electron chi connectivity index (χ3n) is 5.05. The number of benzene rings is 3. The zero-order valence-corrected chi connectivity index (χ0v) is 20.7. The number of ether oxygens (including phenoxy) is 1. The summed E-state index contributed by atoms with van der Waals surface area (Å²) in [5.74, 6) is -0.0606. The van der Waals surface area contributed by atoms with E-state index < -0.39 is 11.9 Å². The maximum atomic E-state index is 12.8. The lowest BCUT2D eigenvalue weighted by molar-refractivity contribution is -0.123. The normalized spacial score (nSPS) is 14.7. The van der Waals surface area contributed by atoms with Crippen LogP contribution in [0.1, 0.15) is 22.3 Å². The van der Waals surface area contributed by atoms with Crippen LogP contribution in [0.25, 0.3) is 6.08 Å². The fraction of sp³-hybridized carbons (Fsp3) is 0.120. The van der Waals surface area contributed by atoms with Crippen molar-refractivity contribution < 1.29 is 14.3 Å². The number of halogens is 3. The van der Waals surface area contributed by atoms with Gasteiger partial charge in [-0.3, -0.25) is 9.69 Å². The van der Waals surface area contributed by atoms with Crippen molar-refractivity contribution in [3.05, 3.63) is 103 Å². The van der Waals surface area contributed by atoms with Gasteiger partial charge in [0, 0.05) is 4.47 Å². The molecule has 5 nitrogen and oxygen atoms in total. The van der Waals surface area contributed by atoms with Gasteiger partial charge in [0.25, 0.3) is 5.91 Å². The maximum absolute atomic E-state index is 12.8. The molecule has 0 radical (unpaired) electrons. The third kappa shape index (κ3) is 5.58. The molecule has 0 bridgehead atoms. The molecular weight excluding hydrogens is 527 g/mol. The van der Waals surface area contributed by atoms with Crippen molar-refractivity contribution in [1.29, 1.82) is 0 Å². The Labute approximate surface area is 210 Å². The number of rotatable bonds is 6. The molecule has 33 heavy (non-hydrogen) atoms. The number of urea groups is 1. The highest BCUT2D eigenvalue weighted by Gasteiger charge is 2.33. The van der Waals surface area contributed by atoms with Crippen LogP contribution in [0.5, 0.6) is 5.75 Å². The van der Waals surface area contributed by atoms with Crippen molar-refractivity contribution in [2.45, 2.75) is 20.1 Å². The summed E-state index contributed by atoms with van der Waals surface area (Å²) in [4.78, 5) is 26.3. The van der Waals surface area contributed by atoms with Crippen LogP contribution in [0.3, 0.4) is 0 Å². The first-order valence-corrected chi connectivity index (χ1v) is 11.6. The van der Waals surface area contributed by atoms with Crippen molar-refractivity contribution in [3.63, 3.8) is 0 Å². The van der Waals surface area contributed by atoms with Crippen LogP contribution in [-0.2, 0) is 17.9 Å². The number of carbonyl (C=O) groups is 2. The molecule has 1 N–H and O–H groups in total. The second kappa shape index (κ2) is 10.00. The van der Waals surface area contributed by atoms with E-state index in [1.165, 1.54) is 0 Å². The number of hydrogen-bond acceptors (Lipinski definition) is 3. The number of aryl methyl sites for hydroxylation is 1. The van der Waals surface area contributed by atoms with E-state index in [9.17, 15) is 9.59 Å². The summed E-state index contributed by atoms with van der Waals surface area (Å²) in [5.41, 5.74) is 3.66. The molecule has 0 atom stereocenters. The average Bonchev–Trinajstić information content (AvgIpc) is 3.03. The monoisotopic (exact) mass is 544 g/mol. The Morgan fingerprint density at radius 2 is 1.58 bits per heavy atom. The topological polar surface area (TPSA) is 58.6 Å². The molecule has 1 fully saturated rings. The predicted octanol–water partition coefficient (Wildman–Crippen LogP) is 6.74. The van der Waals surface area contributed by atoms with Gasteiger partial charge in [-0.1, -0.05) is 81.1 Å². The van der Waals surface area contributed by atoms with Crippen LogP contribution in [0, 0.1) is 6.92 Å². The summed E-state index contributed by atoms with van der Waals surface area (Å²) in [6.45, 7) is 2.47. The highest BCUT2D eigenvalue weighted by atomic mass is 79.9. The number of hydrogen-bond donors (Lipinski definition) is 1. The van der Waals surface area contributed by atoms with Gasteiger partial charge in [-0.2, -0.15) is 0 Å². The van der Waals surface area contributed by atoms with E-state index in [1.807, 2.05) is 55.5 Å². The van der Waals surface area contributed by atoms with Gasteiger partial charge < -0.3 is 10.1 Å². The second-order valence-corrected chi connectivity index (χ2v) is 9.32. The Morgan fingerprint density at radius 3 is 2.21 bits per heavy atom. The summed E-state index contributed by atoms with van der Waals surface area (Å²) < 4.78 is 6.78. The standard InChI is InChI=1S/C25H19BrCl2N2O3/c1-15-2-4-16(5-3-15)13-30-24(31)22(29-25(30)32)12-18-10-20(27)23(21(28)11-18)33-14-17-6-8-19(26)9-7-17/h2-12H,13-14H2,1H3,(H,29,32)/b22-12+. The van der Waals surface area contributed by atoms with Gasteiger partial charge in [0.2, 0.25) is 0 Å². The van der Waals surface area contributed by atoms with Gasteiger partial charge in [0.15, 0.2) is 5.75 Å². The number of carbonyl (C=O) groups excluding carboxylic acids is 2. The minimum atomic E-state index is -0.474. The van der Waals surface area contributed by atoms with E-state index in [-0.39, 0.29) is 12.2 Å². The molecule has 0 aliphatic carbocycles. The van der Waals surface area contributed by atoms with Crippen molar-refractivity contribution in [2.24, 2.45) is 0 Å². The van der Waals surface area contributed by atoms with Crippen molar-refractivity contribution in [1.82, 2.24) is 10.2 Å². The maximum Gasteiger partial charge on any atom is 0.329 e. The smallest absolute Gasteiger partial charge is 0.329 e. The van der Waals surface area contributed by atoms with Crippen LogP contribution in [-0.4, -0.2) is 16.8 Å². The summed E-state index contributed by atoms with van der Waals surface area (Å²) in [6.07, 6.45) is 1.55. The van der Waals surface area contributed by atoms with E-state index in [0.717, 1.165) is 26.1 Å². The van der Waals surface area contributed by atoms with Crippen molar-refractivity contribution >= 4 is 57.1 Å². The molecule has 3 aromatic carbocycles. The Hall–Kier alpha value is -2.80. The molecule has 3 amide bonds. The summed E-state index contributed by atoms with van der Waals surface area (Å²) in [7, 11) is 0.